The molecular weight excluding hydrogens is 412 g/mol. The Labute approximate surface area is 201 Å². The van der Waals surface area contributed by atoms with Crippen LogP contribution < -0.4 is 0 Å². The summed E-state index contributed by atoms with van der Waals surface area (Å²) >= 11 is 0. The zero-order chi connectivity index (χ0) is 24.2. The maximum atomic E-state index is 10.7. The number of ether oxygens (including phenoxy) is 1. The Morgan fingerprint density at radius 3 is 2.64 bits per heavy atom. The molecule has 0 heterocycles. The summed E-state index contributed by atoms with van der Waals surface area (Å²) in [6.45, 7) is 13.0. The Morgan fingerprint density at radius 1 is 1.18 bits per heavy atom. The number of hydrogen-bond donors (Lipinski definition) is 3. The van der Waals surface area contributed by atoms with E-state index in [9.17, 15) is 15.3 Å². The first-order valence-electron chi connectivity index (χ1n) is 13.4. The molecule has 0 spiro atoms. The van der Waals surface area contributed by atoms with Gasteiger partial charge in [-0.05, 0) is 93.6 Å². The van der Waals surface area contributed by atoms with Crippen LogP contribution in [0.25, 0.3) is 0 Å². The van der Waals surface area contributed by atoms with Crippen molar-refractivity contribution in [1.82, 2.24) is 0 Å². The van der Waals surface area contributed by atoms with E-state index in [2.05, 4.69) is 25.7 Å². The molecule has 0 aromatic heterocycles. The van der Waals surface area contributed by atoms with Gasteiger partial charge in [0.05, 0.1) is 11.7 Å². The van der Waals surface area contributed by atoms with Crippen molar-refractivity contribution in [2.45, 2.75) is 122 Å². The molecule has 33 heavy (non-hydrogen) atoms. The van der Waals surface area contributed by atoms with Crippen LogP contribution in [0.4, 0.5) is 0 Å². The highest BCUT2D eigenvalue weighted by Crippen LogP contribution is 2.58. The highest BCUT2D eigenvalue weighted by molar-refractivity contribution is 5.40. The molecule has 4 nitrogen and oxygen atoms in total. The number of rotatable bonds is 9. The number of aliphatic hydroxyl groups excluding tert-OH is 2. The van der Waals surface area contributed by atoms with Crippen LogP contribution in [0.3, 0.4) is 0 Å². The van der Waals surface area contributed by atoms with Gasteiger partial charge in [0.1, 0.15) is 12.2 Å². The van der Waals surface area contributed by atoms with E-state index in [1.807, 2.05) is 20.8 Å². The summed E-state index contributed by atoms with van der Waals surface area (Å²) in [7, 11) is 0. The van der Waals surface area contributed by atoms with Crippen LogP contribution in [0.5, 0.6) is 0 Å². The second kappa shape index (κ2) is 11.2. The van der Waals surface area contributed by atoms with E-state index in [0.29, 0.717) is 29.9 Å². The number of unbranched alkanes of at least 4 members (excludes halogenated alkanes) is 1. The van der Waals surface area contributed by atoms with Gasteiger partial charge in [-0.25, -0.2) is 0 Å². The van der Waals surface area contributed by atoms with Crippen LogP contribution >= 0.6 is 0 Å². The minimum Gasteiger partial charge on any atom is -0.390 e. The van der Waals surface area contributed by atoms with E-state index in [-0.39, 0.29) is 0 Å². The van der Waals surface area contributed by atoms with Crippen LogP contribution in [0.2, 0.25) is 0 Å². The smallest absolute Gasteiger partial charge is 0.114 e. The van der Waals surface area contributed by atoms with Crippen LogP contribution in [0.1, 0.15) is 98.3 Å². The van der Waals surface area contributed by atoms with Gasteiger partial charge in [0.15, 0.2) is 0 Å². The molecule has 0 aliphatic heterocycles. The van der Waals surface area contributed by atoms with E-state index in [4.69, 9.17) is 4.74 Å². The molecule has 0 aromatic carbocycles. The Bertz CT molecular complexity index is 730. The van der Waals surface area contributed by atoms with Crippen LogP contribution in [-0.2, 0) is 4.74 Å². The molecule has 0 saturated heterocycles. The number of aliphatic hydroxyl groups is 3. The molecule has 6 atom stereocenters. The predicted octanol–water partition coefficient (Wildman–Crippen LogP) is 5.86. The van der Waals surface area contributed by atoms with E-state index < -0.39 is 23.9 Å². The maximum absolute atomic E-state index is 10.7. The monoisotopic (exact) mass is 460 g/mol. The van der Waals surface area contributed by atoms with Crippen molar-refractivity contribution in [2.75, 3.05) is 6.61 Å². The van der Waals surface area contributed by atoms with Gasteiger partial charge in [-0.3, -0.25) is 0 Å². The van der Waals surface area contributed by atoms with Crippen LogP contribution in [0.15, 0.2) is 35.5 Å². The van der Waals surface area contributed by atoms with Crippen LogP contribution in [-0.4, -0.2) is 45.8 Å². The normalized spacial score (nSPS) is 37.7. The summed E-state index contributed by atoms with van der Waals surface area (Å²) < 4.78 is 5.69. The molecule has 0 radical (unpaired) electrons. The first kappa shape index (κ1) is 26.7. The van der Waals surface area contributed by atoms with Crippen molar-refractivity contribution in [1.29, 1.82) is 0 Å². The standard InChI is InChI=1S/C29H48O4/c1-6-18-33-27-25(30)19-22(20(2)26(27)31)13-12-21-10-9-17-29(5)23(14-15-24(21)29)11-7-8-16-28(3,4)32/h12-13,23-27,30-32H,2,6-11,14-19H2,1,3-5H3/b21-12+,22-13-/t23-,24?,25+,26+,27+,29+/m0/s1. The van der Waals surface area contributed by atoms with E-state index in [0.717, 1.165) is 37.2 Å². The topological polar surface area (TPSA) is 69.9 Å². The summed E-state index contributed by atoms with van der Waals surface area (Å²) in [5, 5.41) is 31.2. The van der Waals surface area contributed by atoms with Crippen LogP contribution in [0, 0.1) is 17.3 Å². The Kier molecular flexibility index (Phi) is 9.05. The first-order chi connectivity index (χ1) is 15.6. The molecule has 3 saturated carbocycles. The zero-order valence-electron chi connectivity index (χ0n) is 21.5. The van der Waals surface area contributed by atoms with Gasteiger partial charge in [-0.2, -0.15) is 0 Å². The summed E-state index contributed by atoms with van der Waals surface area (Å²) in [6, 6.07) is 0. The lowest BCUT2D eigenvalue weighted by Crippen LogP contribution is -2.45. The lowest BCUT2D eigenvalue weighted by atomic mass is 9.62. The van der Waals surface area contributed by atoms with Crippen molar-refractivity contribution in [3.05, 3.63) is 35.5 Å². The molecule has 1 unspecified atom stereocenters. The SMILES string of the molecule is C=C1/C(=C\C=C2/CCC[C@@]3(C)C2CC[C@@H]3CCCCC(C)(C)O)C[C@@H](O)[C@@H](OCCC)[C@@H]1O. The van der Waals surface area contributed by atoms with Crippen molar-refractivity contribution in [3.63, 3.8) is 0 Å². The highest BCUT2D eigenvalue weighted by atomic mass is 16.5. The molecule has 3 rings (SSSR count). The van der Waals surface area contributed by atoms with Gasteiger partial charge in [-0.15, -0.1) is 0 Å². The lowest BCUT2D eigenvalue weighted by Gasteiger charge is -2.42. The average molecular weight is 461 g/mol. The third-order valence-corrected chi connectivity index (χ3v) is 8.65. The molecule has 0 amide bonds. The lowest BCUT2D eigenvalue weighted by molar-refractivity contribution is -0.0947. The second-order valence-electron chi connectivity index (χ2n) is 11.8. The third-order valence-electron chi connectivity index (χ3n) is 8.65. The second-order valence-corrected chi connectivity index (χ2v) is 11.8. The quantitative estimate of drug-likeness (QED) is 0.377. The fourth-order valence-corrected chi connectivity index (χ4v) is 6.68. The maximum Gasteiger partial charge on any atom is 0.114 e. The first-order valence-corrected chi connectivity index (χ1v) is 13.4. The fourth-order valence-electron chi connectivity index (χ4n) is 6.68. The van der Waals surface area contributed by atoms with Gasteiger partial charge in [0, 0.05) is 13.0 Å². The molecule has 3 N–H and O–H groups in total. The van der Waals surface area contributed by atoms with E-state index >= 15 is 0 Å². The molecule has 0 bridgehead atoms. The number of allylic oxidation sites excluding steroid dienone is 3. The van der Waals surface area contributed by atoms with Crippen molar-refractivity contribution in [2.24, 2.45) is 17.3 Å². The van der Waals surface area contributed by atoms with E-state index in [1.165, 1.54) is 44.1 Å². The summed E-state index contributed by atoms with van der Waals surface area (Å²) in [5.74, 6) is 1.40. The molecule has 0 aromatic rings. The van der Waals surface area contributed by atoms with Gasteiger partial charge in [-0.1, -0.05) is 51.0 Å². The molecule has 3 aliphatic rings. The van der Waals surface area contributed by atoms with Crippen molar-refractivity contribution < 1.29 is 20.1 Å². The van der Waals surface area contributed by atoms with Gasteiger partial charge in [0.25, 0.3) is 0 Å². The summed E-state index contributed by atoms with van der Waals surface area (Å²) in [6.07, 6.45) is 14.3. The predicted molar refractivity (Wildman–Crippen MR) is 135 cm³/mol. The molecule has 3 fully saturated rings. The van der Waals surface area contributed by atoms with Crippen molar-refractivity contribution >= 4 is 0 Å². The highest BCUT2D eigenvalue weighted by Gasteiger charge is 2.48. The number of hydrogen-bond acceptors (Lipinski definition) is 4. The van der Waals surface area contributed by atoms with Crippen molar-refractivity contribution in [3.8, 4) is 0 Å². The fraction of sp³-hybridized carbons (Fsp3) is 0.793. The molecule has 3 aliphatic carbocycles. The third kappa shape index (κ3) is 6.39. The minimum atomic E-state index is -0.846. The average Bonchev–Trinajstić information content (AvgIpc) is 3.08. The molecule has 4 heteroatoms. The number of fused-ring (bicyclic) bond motifs is 1. The summed E-state index contributed by atoms with van der Waals surface area (Å²) in [4.78, 5) is 0. The zero-order valence-corrected chi connectivity index (χ0v) is 21.5. The Hall–Kier alpha value is -0.940. The minimum absolute atomic E-state index is 0.374. The largest absolute Gasteiger partial charge is 0.390 e. The molecule has 188 valence electrons. The Morgan fingerprint density at radius 2 is 1.94 bits per heavy atom. The summed E-state index contributed by atoms with van der Waals surface area (Å²) in [5.41, 5.74) is 3.00. The van der Waals surface area contributed by atoms with Gasteiger partial charge >= 0.3 is 0 Å². The van der Waals surface area contributed by atoms with Gasteiger partial charge < -0.3 is 20.1 Å². The molecular formula is C29H48O4. The Balaban J connectivity index is 1.65. The van der Waals surface area contributed by atoms with E-state index in [1.54, 1.807) is 0 Å². The van der Waals surface area contributed by atoms with Gasteiger partial charge in [0.2, 0.25) is 0 Å².